The molecule has 0 saturated heterocycles. The Labute approximate surface area is 104 Å². The van der Waals surface area contributed by atoms with Gasteiger partial charge in [0.1, 0.15) is 0 Å². The number of rotatable bonds is 8. The van der Waals surface area contributed by atoms with Crippen LogP contribution in [0.5, 0.6) is 0 Å². The lowest BCUT2D eigenvalue weighted by molar-refractivity contribution is -0.137. The predicted molar refractivity (Wildman–Crippen MR) is 69.3 cm³/mol. The second-order valence-corrected chi connectivity index (χ2v) is 5.55. The van der Waals surface area contributed by atoms with Crippen molar-refractivity contribution in [3.8, 4) is 0 Å². The molecule has 0 aliphatic rings. The van der Waals surface area contributed by atoms with E-state index in [4.69, 9.17) is 5.11 Å². The highest BCUT2D eigenvalue weighted by molar-refractivity contribution is 7.84. The van der Waals surface area contributed by atoms with Gasteiger partial charge in [-0.05, 0) is 18.4 Å². The third kappa shape index (κ3) is 6.89. The Balaban J connectivity index is 2.12. The number of carbonyl (C=O) groups is 1. The Bertz CT molecular complexity index is 362. The van der Waals surface area contributed by atoms with Crippen molar-refractivity contribution in [2.75, 3.05) is 5.75 Å². The highest BCUT2D eigenvalue weighted by Gasteiger charge is 2.02. The first kappa shape index (κ1) is 13.9. The molecule has 4 heteroatoms. The van der Waals surface area contributed by atoms with Gasteiger partial charge in [-0.2, -0.15) is 0 Å². The highest BCUT2D eigenvalue weighted by atomic mass is 32.2. The fraction of sp³-hybridized carbons (Fsp3) is 0.462. The minimum atomic E-state index is -0.833. The summed E-state index contributed by atoms with van der Waals surface area (Å²) in [5, 5.41) is 8.46. The number of unbranched alkanes of at least 4 members (excludes halogenated alkanes) is 2. The summed E-state index contributed by atoms with van der Waals surface area (Å²) in [6.45, 7) is 0. The second-order valence-electron chi connectivity index (χ2n) is 3.98. The van der Waals surface area contributed by atoms with Gasteiger partial charge in [0.2, 0.25) is 0 Å². The lowest BCUT2D eigenvalue weighted by Crippen LogP contribution is -2.01. The Kier molecular flexibility index (Phi) is 6.55. The van der Waals surface area contributed by atoms with E-state index in [9.17, 15) is 9.00 Å². The molecule has 3 nitrogen and oxygen atoms in total. The van der Waals surface area contributed by atoms with Gasteiger partial charge in [-0.1, -0.05) is 36.8 Å². The minimum Gasteiger partial charge on any atom is -0.481 e. The van der Waals surface area contributed by atoms with Gasteiger partial charge in [0, 0.05) is 28.7 Å². The standard InChI is InChI=1S/C13H18O3S/c14-13(15)9-5-2-6-10-17(16)11-12-7-3-1-4-8-12/h1,3-4,7-8H,2,5-6,9-11H2,(H,14,15). The van der Waals surface area contributed by atoms with Crippen LogP contribution < -0.4 is 0 Å². The van der Waals surface area contributed by atoms with Crippen molar-refractivity contribution in [1.82, 2.24) is 0 Å². The quantitative estimate of drug-likeness (QED) is 0.725. The van der Waals surface area contributed by atoms with E-state index in [-0.39, 0.29) is 6.42 Å². The molecule has 1 aromatic carbocycles. The molecule has 0 aliphatic carbocycles. The van der Waals surface area contributed by atoms with Gasteiger partial charge in [-0.3, -0.25) is 9.00 Å². The molecule has 0 saturated carbocycles. The molecule has 94 valence electrons. The van der Waals surface area contributed by atoms with Crippen LogP contribution in [-0.4, -0.2) is 21.0 Å². The smallest absolute Gasteiger partial charge is 0.303 e. The molecular formula is C13H18O3S. The van der Waals surface area contributed by atoms with Gasteiger partial charge in [-0.25, -0.2) is 0 Å². The molecule has 0 aliphatic heterocycles. The molecule has 0 bridgehead atoms. The maximum atomic E-state index is 11.7. The Morgan fingerprint density at radius 1 is 1.12 bits per heavy atom. The van der Waals surface area contributed by atoms with Crippen molar-refractivity contribution >= 4 is 16.8 Å². The lowest BCUT2D eigenvalue weighted by Gasteiger charge is -2.02. The molecule has 1 unspecified atom stereocenters. The first-order valence-electron chi connectivity index (χ1n) is 5.79. The zero-order valence-electron chi connectivity index (χ0n) is 9.80. The molecule has 0 spiro atoms. The van der Waals surface area contributed by atoms with Crippen LogP contribution in [0.3, 0.4) is 0 Å². The topological polar surface area (TPSA) is 54.4 Å². The Morgan fingerprint density at radius 2 is 1.82 bits per heavy atom. The number of benzene rings is 1. The molecule has 1 N–H and O–H groups in total. The SMILES string of the molecule is O=C(O)CCCCCS(=O)Cc1ccccc1. The number of carboxylic acid groups (broad SMARTS) is 1. The van der Waals surface area contributed by atoms with Gasteiger partial charge in [0.25, 0.3) is 0 Å². The first-order chi connectivity index (χ1) is 8.18. The second kappa shape index (κ2) is 8.01. The normalized spacial score (nSPS) is 12.2. The van der Waals surface area contributed by atoms with Crippen molar-refractivity contribution in [3.05, 3.63) is 35.9 Å². The van der Waals surface area contributed by atoms with Gasteiger partial charge in [0.05, 0.1) is 0 Å². The van der Waals surface area contributed by atoms with Crippen molar-refractivity contribution in [2.45, 2.75) is 31.4 Å². The third-order valence-corrected chi connectivity index (χ3v) is 3.83. The van der Waals surface area contributed by atoms with E-state index in [0.717, 1.165) is 18.4 Å². The van der Waals surface area contributed by atoms with Crippen LogP contribution in [0.15, 0.2) is 30.3 Å². The number of hydrogen-bond acceptors (Lipinski definition) is 2. The van der Waals surface area contributed by atoms with E-state index >= 15 is 0 Å². The summed E-state index contributed by atoms with van der Waals surface area (Å²) >= 11 is 0. The van der Waals surface area contributed by atoms with Crippen LogP contribution in [0.4, 0.5) is 0 Å². The lowest BCUT2D eigenvalue weighted by atomic mass is 10.2. The Morgan fingerprint density at radius 3 is 2.47 bits per heavy atom. The van der Waals surface area contributed by atoms with Crippen LogP contribution in [0, 0.1) is 0 Å². The minimum absolute atomic E-state index is 0.214. The van der Waals surface area contributed by atoms with E-state index < -0.39 is 16.8 Å². The molecule has 1 atom stereocenters. The fourth-order valence-electron chi connectivity index (χ4n) is 1.55. The largest absolute Gasteiger partial charge is 0.481 e. The van der Waals surface area contributed by atoms with Crippen molar-refractivity contribution < 1.29 is 14.1 Å². The van der Waals surface area contributed by atoms with E-state index in [1.54, 1.807) is 0 Å². The zero-order valence-corrected chi connectivity index (χ0v) is 10.6. The van der Waals surface area contributed by atoms with E-state index in [2.05, 4.69) is 0 Å². The molecule has 1 rings (SSSR count). The van der Waals surface area contributed by atoms with Crippen molar-refractivity contribution in [1.29, 1.82) is 0 Å². The molecule has 17 heavy (non-hydrogen) atoms. The van der Waals surface area contributed by atoms with Crippen LogP contribution in [0.25, 0.3) is 0 Å². The summed E-state index contributed by atoms with van der Waals surface area (Å²) in [4.78, 5) is 10.3. The van der Waals surface area contributed by atoms with E-state index in [1.807, 2.05) is 30.3 Å². The number of carboxylic acids is 1. The zero-order chi connectivity index (χ0) is 12.5. The Hall–Kier alpha value is -1.16. The van der Waals surface area contributed by atoms with E-state index in [0.29, 0.717) is 17.9 Å². The summed E-state index contributed by atoms with van der Waals surface area (Å²) in [6.07, 6.45) is 2.57. The summed E-state index contributed by atoms with van der Waals surface area (Å²) < 4.78 is 11.7. The number of hydrogen-bond donors (Lipinski definition) is 1. The average molecular weight is 254 g/mol. The first-order valence-corrected chi connectivity index (χ1v) is 7.28. The maximum absolute atomic E-state index is 11.7. The van der Waals surface area contributed by atoms with Crippen molar-refractivity contribution in [2.24, 2.45) is 0 Å². The maximum Gasteiger partial charge on any atom is 0.303 e. The summed E-state index contributed by atoms with van der Waals surface area (Å²) in [7, 11) is -0.833. The molecular weight excluding hydrogens is 236 g/mol. The van der Waals surface area contributed by atoms with Gasteiger partial charge in [0.15, 0.2) is 0 Å². The molecule has 0 aromatic heterocycles. The molecule has 0 radical (unpaired) electrons. The summed E-state index contributed by atoms with van der Waals surface area (Å²) in [5.41, 5.74) is 1.09. The van der Waals surface area contributed by atoms with Crippen molar-refractivity contribution in [3.63, 3.8) is 0 Å². The molecule has 0 fully saturated rings. The third-order valence-electron chi connectivity index (χ3n) is 2.43. The van der Waals surface area contributed by atoms with Crippen LogP contribution in [0.1, 0.15) is 31.2 Å². The predicted octanol–water partition coefficient (Wildman–Crippen LogP) is 2.58. The summed E-state index contributed by atoms with van der Waals surface area (Å²) in [5.74, 6) is 0.504. The molecule has 0 heterocycles. The molecule has 1 aromatic rings. The highest BCUT2D eigenvalue weighted by Crippen LogP contribution is 2.06. The van der Waals surface area contributed by atoms with Crippen LogP contribution >= 0.6 is 0 Å². The van der Waals surface area contributed by atoms with Gasteiger partial charge < -0.3 is 5.11 Å². The van der Waals surface area contributed by atoms with Gasteiger partial charge >= 0.3 is 5.97 Å². The van der Waals surface area contributed by atoms with Gasteiger partial charge in [-0.15, -0.1) is 0 Å². The average Bonchev–Trinajstić information content (AvgIpc) is 2.29. The fourth-order valence-corrected chi connectivity index (χ4v) is 2.78. The van der Waals surface area contributed by atoms with E-state index in [1.165, 1.54) is 0 Å². The number of aliphatic carboxylic acids is 1. The molecule has 0 amide bonds. The summed E-state index contributed by atoms with van der Waals surface area (Å²) in [6, 6.07) is 9.78. The van der Waals surface area contributed by atoms with Crippen LogP contribution in [-0.2, 0) is 21.3 Å². The monoisotopic (exact) mass is 254 g/mol. The van der Waals surface area contributed by atoms with Crippen LogP contribution in [0.2, 0.25) is 0 Å².